The van der Waals surface area contributed by atoms with Crippen LogP contribution in [-0.2, 0) is 0 Å². The number of allylic oxidation sites excluding steroid dienone is 2. The Morgan fingerprint density at radius 3 is 1.20 bits per heavy atom. The molecule has 0 aliphatic rings. The Labute approximate surface area is 273 Å². The van der Waals surface area contributed by atoms with Gasteiger partial charge in [0.1, 0.15) is 24.7 Å². The highest BCUT2D eigenvalue weighted by molar-refractivity contribution is 6.07. The van der Waals surface area contributed by atoms with Gasteiger partial charge in [-0.1, -0.05) is 36.4 Å². The van der Waals surface area contributed by atoms with Gasteiger partial charge < -0.3 is 19.3 Å². The number of nitrogens with zero attached hydrogens (tertiary/aromatic N) is 3. The molecule has 0 aromatic heterocycles. The molecule has 0 spiro atoms. The molecule has 0 atom stereocenters. The molecule has 7 nitrogen and oxygen atoms in total. The van der Waals surface area contributed by atoms with E-state index in [0.717, 1.165) is 47.1 Å². The number of ether oxygens (including phenoxy) is 2. The molecule has 0 aliphatic carbocycles. The average molecular weight is 618 g/mol. The number of hydrogen-bond acceptors (Lipinski definition) is 7. The van der Waals surface area contributed by atoms with Crippen LogP contribution in [0.4, 0.5) is 11.4 Å². The molecule has 46 heavy (non-hydrogen) atoms. The molecule has 0 aliphatic heterocycles. The van der Waals surface area contributed by atoms with Crippen LogP contribution >= 0.6 is 0 Å². The number of hydrogen-bond donors (Lipinski definition) is 0. The number of anilines is 2. The zero-order chi connectivity index (χ0) is 32.9. The lowest BCUT2D eigenvalue weighted by Crippen LogP contribution is -2.28. The molecule has 0 fully saturated rings. The molecule has 0 unspecified atom stereocenters. The molecular weight excluding hydrogens is 574 g/mol. The lowest BCUT2D eigenvalue weighted by Gasteiger charge is -2.17. The topological polar surface area (TPSA) is 62.3 Å². The molecule has 0 N–H and O–H groups in total. The Morgan fingerprint density at radius 1 is 0.522 bits per heavy atom. The summed E-state index contributed by atoms with van der Waals surface area (Å²) in [6, 6.07) is 30.5. The van der Waals surface area contributed by atoms with Crippen LogP contribution in [0.15, 0.2) is 109 Å². The first kappa shape index (κ1) is 33.7. The zero-order valence-corrected chi connectivity index (χ0v) is 27.4. The third-order valence-corrected chi connectivity index (χ3v) is 7.43. The van der Waals surface area contributed by atoms with E-state index in [1.54, 1.807) is 36.4 Å². The molecule has 4 aromatic rings. The molecule has 4 aromatic carbocycles. The average Bonchev–Trinajstić information content (AvgIpc) is 3.07. The van der Waals surface area contributed by atoms with Gasteiger partial charge in [0.2, 0.25) is 0 Å². The van der Waals surface area contributed by atoms with Crippen molar-refractivity contribution in [2.24, 2.45) is 0 Å². The second-order valence-electron chi connectivity index (χ2n) is 11.4. The molecule has 0 radical (unpaired) electrons. The van der Waals surface area contributed by atoms with Crippen LogP contribution in [0.3, 0.4) is 0 Å². The molecule has 0 heterocycles. The Kier molecular flexibility index (Phi) is 12.3. The molecule has 0 saturated heterocycles. The minimum Gasteiger partial charge on any atom is -0.492 e. The largest absolute Gasteiger partial charge is 0.492 e. The van der Waals surface area contributed by atoms with E-state index >= 15 is 0 Å². The maximum Gasteiger partial charge on any atom is 0.185 e. The zero-order valence-electron chi connectivity index (χ0n) is 27.4. The van der Waals surface area contributed by atoms with Gasteiger partial charge in [0.05, 0.1) is 0 Å². The summed E-state index contributed by atoms with van der Waals surface area (Å²) in [5, 5.41) is 0. The summed E-state index contributed by atoms with van der Waals surface area (Å²) in [7, 11) is 10.00. The summed E-state index contributed by atoms with van der Waals surface area (Å²) in [5.74, 6) is 1.33. The monoisotopic (exact) mass is 617 g/mol. The highest BCUT2D eigenvalue weighted by atomic mass is 16.5. The molecular formula is C39H43N3O4. The van der Waals surface area contributed by atoms with E-state index in [0.29, 0.717) is 24.3 Å². The number of benzene rings is 4. The Bertz CT molecular complexity index is 1480. The highest BCUT2D eigenvalue weighted by Crippen LogP contribution is 2.17. The van der Waals surface area contributed by atoms with E-state index in [4.69, 9.17) is 9.47 Å². The number of carbonyl (C=O) groups excluding carboxylic acids is 2. The maximum absolute atomic E-state index is 12.6. The Balaban J connectivity index is 1.13. The van der Waals surface area contributed by atoms with E-state index in [2.05, 4.69) is 4.90 Å². The van der Waals surface area contributed by atoms with Crippen LogP contribution in [0.2, 0.25) is 0 Å². The third-order valence-electron chi connectivity index (χ3n) is 7.43. The van der Waals surface area contributed by atoms with E-state index in [9.17, 15) is 9.59 Å². The van der Waals surface area contributed by atoms with Crippen molar-refractivity contribution in [3.63, 3.8) is 0 Å². The van der Waals surface area contributed by atoms with E-state index in [1.165, 1.54) is 0 Å². The van der Waals surface area contributed by atoms with Crippen LogP contribution in [0.25, 0.3) is 12.2 Å². The Hall–Kier alpha value is -5.14. The van der Waals surface area contributed by atoms with Gasteiger partial charge in [0, 0.05) is 63.8 Å². The predicted octanol–water partition coefficient (Wildman–Crippen LogP) is 7.00. The molecule has 238 valence electrons. The van der Waals surface area contributed by atoms with E-state index < -0.39 is 0 Å². The van der Waals surface area contributed by atoms with Gasteiger partial charge in [-0.3, -0.25) is 14.5 Å². The number of carbonyl (C=O) groups is 2. The summed E-state index contributed by atoms with van der Waals surface area (Å²) in [4.78, 5) is 31.4. The van der Waals surface area contributed by atoms with Gasteiger partial charge in [-0.2, -0.15) is 0 Å². The normalized spacial score (nSPS) is 11.3. The summed E-state index contributed by atoms with van der Waals surface area (Å²) in [6.07, 6.45) is 6.84. The van der Waals surface area contributed by atoms with Crippen molar-refractivity contribution in [1.29, 1.82) is 0 Å². The van der Waals surface area contributed by atoms with Gasteiger partial charge in [-0.05, 0) is 103 Å². The van der Waals surface area contributed by atoms with Crippen LogP contribution < -0.4 is 19.3 Å². The van der Waals surface area contributed by atoms with Crippen molar-refractivity contribution in [3.8, 4) is 11.5 Å². The standard InChI is InChI=1S/C39H43N3O4/c1-40(2)34-16-6-30(7-17-34)10-24-38(43)32-12-20-36(21-13-32)45-28-26-42(5)27-29-46-37-22-14-33(15-23-37)39(44)25-11-31-8-18-35(19-9-31)41(3)4/h6-25H,26-29H2,1-5H3/b24-10+,25-11+. The van der Waals surface area contributed by atoms with Crippen molar-refractivity contribution in [3.05, 3.63) is 131 Å². The minimum absolute atomic E-state index is 0.0528. The van der Waals surface area contributed by atoms with Gasteiger partial charge in [-0.25, -0.2) is 0 Å². The van der Waals surface area contributed by atoms with Crippen molar-refractivity contribution >= 4 is 35.1 Å². The third kappa shape index (κ3) is 10.5. The number of rotatable bonds is 16. The lowest BCUT2D eigenvalue weighted by atomic mass is 10.1. The molecule has 0 bridgehead atoms. The van der Waals surface area contributed by atoms with Crippen molar-refractivity contribution in [2.45, 2.75) is 0 Å². The first-order valence-electron chi connectivity index (χ1n) is 15.3. The smallest absolute Gasteiger partial charge is 0.185 e. The lowest BCUT2D eigenvalue weighted by molar-refractivity contribution is 0.103. The van der Waals surface area contributed by atoms with Crippen molar-refractivity contribution < 1.29 is 19.1 Å². The second-order valence-corrected chi connectivity index (χ2v) is 11.4. The summed E-state index contributed by atoms with van der Waals surface area (Å²) in [5.41, 5.74) is 5.41. The van der Waals surface area contributed by atoms with Gasteiger partial charge in [-0.15, -0.1) is 0 Å². The highest BCUT2D eigenvalue weighted by Gasteiger charge is 2.06. The summed E-state index contributed by atoms with van der Waals surface area (Å²) >= 11 is 0. The molecule has 7 heteroatoms. The Morgan fingerprint density at radius 2 is 0.870 bits per heavy atom. The van der Waals surface area contributed by atoms with Gasteiger partial charge in [0.25, 0.3) is 0 Å². The van der Waals surface area contributed by atoms with Gasteiger partial charge >= 0.3 is 0 Å². The van der Waals surface area contributed by atoms with Crippen molar-refractivity contribution in [2.75, 3.05) is 71.3 Å². The quantitative estimate of drug-likeness (QED) is 0.0991. The van der Waals surface area contributed by atoms with Crippen LogP contribution in [0.5, 0.6) is 11.5 Å². The molecule has 4 rings (SSSR count). The second kappa shape index (κ2) is 16.8. The molecule has 0 saturated carbocycles. The first-order chi connectivity index (χ1) is 22.2. The van der Waals surface area contributed by atoms with Crippen LogP contribution in [0.1, 0.15) is 31.8 Å². The van der Waals surface area contributed by atoms with E-state index in [-0.39, 0.29) is 11.6 Å². The summed E-state index contributed by atoms with van der Waals surface area (Å²) < 4.78 is 11.8. The fourth-order valence-electron chi connectivity index (χ4n) is 4.48. The maximum atomic E-state index is 12.6. The first-order valence-corrected chi connectivity index (χ1v) is 15.3. The van der Waals surface area contributed by atoms with Crippen LogP contribution in [-0.4, -0.2) is 78.0 Å². The van der Waals surface area contributed by atoms with Crippen LogP contribution in [0, 0.1) is 0 Å². The SMILES string of the molecule is CN(CCOc1ccc(C(=O)/C=C/c2ccc(N(C)C)cc2)cc1)CCOc1ccc(C(=O)/C=C/c2ccc(N(C)C)cc2)cc1. The predicted molar refractivity (Wildman–Crippen MR) is 190 cm³/mol. The molecule has 0 amide bonds. The number of likely N-dealkylation sites (N-methyl/N-ethyl adjacent to an activating group) is 1. The van der Waals surface area contributed by atoms with E-state index in [1.807, 2.05) is 130 Å². The summed E-state index contributed by atoms with van der Waals surface area (Å²) in [6.45, 7) is 2.46. The minimum atomic E-state index is -0.0528. The van der Waals surface area contributed by atoms with Gasteiger partial charge in [0.15, 0.2) is 11.6 Å². The fraction of sp³-hybridized carbons (Fsp3) is 0.231. The number of ketones is 2. The van der Waals surface area contributed by atoms with Crippen molar-refractivity contribution in [1.82, 2.24) is 4.90 Å². The fourth-order valence-corrected chi connectivity index (χ4v) is 4.48.